The van der Waals surface area contributed by atoms with Gasteiger partial charge in [-0.1, -0.05) is 48.5 Å². The predicted octanol–water partition coefficient (Wildman–Crippen LogP) is 2.15. The Labute approximate surface area is 141 Å². The minimum absolute atomic E-state index is 0.110. The van der Waals surface area contributed by atoms with Crippen LogP contribution in [0.5, 0.6) is 0 Å². The Bertz CT molecular complexity index is 730. The molecular weight excluding hydrogens is 304 g/mol. The van der Waals surface area contributed by atoms with Crippen molar-refractivity contribution in [2.45, 2.75) is 12.6 Å². The highest BCUT2D eigenvalue weighted by Crippen LogP contribution is 2.34. The normalized spacial score (nSPS) is 16.1. The minimum atomic E-state index is -0.606. The highest BCUT2D eigenvalue weighted by Gasteiger charge is 2.40. The number of carbonyl (C=O) groups excluding carboxylic acids is 2. The third-order valence-corrected chi connectivity index (χ3v) is 4.11. The first-order chi connectivity index (χ1) is 11.7. The second-order valence-corrected chi connectivity index (χ2v) is 5.69. The van der Waals surface area contributed by atoms with Gasteiger partial charge in [-0.15, -0.1) is 0 Å². The second-order valence-electron chi connectivity index (χ2n) is 5.69. The molecule has 0 bridgehead atoms. The monoisotopic (exact) mass is 324 g/mol. The standard InChI is InChI=1S/C19H20N2O3/c1-24-12-11-20-18(22)17-15-9-5-6-10-16(15)19(23)21(17)13-14-7-3-2-4-8-14/h2-10,17H,11-13H2,1H3,(H,20,22)/t17-/m0/s1. The average Bonchev–Trinajstić information content (AvgIpc) is 2.89. The molecule has 1 aliphatic rings. The molecule has 2 aromatic rings. The van der Waals surface area contributed by atoms with Gasteiger partial charge in [0.2, 0.25) is 5.91 Å². The van der Waals surface area contributed by atoms with Crippen LogP contribution in [-0.4, -0.2) is 37.0 Å². The third kappa shape index (κ3) is 3.16. The maximum absolute atomic E-state index is 12.8. The van der Waals surface area contributed by atoms with Gasteiger partial charge in [0.1, 0.15) is 6.04 Å². The molecule has 24 heavy (non-hydrogen) atoms. The molecule has 1 atom stereocenters. The van der Waals surface area contributed by atoms with E-state index in [1.807, 2.05) is 48.5 Å². The van der Waals surface area contributed by atoms with E-state index in [4.69, 9.17) is 4.74 Å². The van der Waals surface area contributed by atoms with Crippen molar-refractivity contribution < 1.29 is 14.3 Å². The van der Waals surface area contributed by atoms with Crippen molar-refractivity contribution in [3.63, 3.8) is 0 Å². The van der Waals surface area contributed by atoms with E-state index < -0.39 is 6.04 Å². The van der Waals surface area contributed by atoms with E-state index in [0.29, 0.717) is 25.3 Å². The lowest BCUT2D eigenvalue weighted by molar-refractivity contribution is -0.125. The lowest BCUT2D eigenvalue weighted by atomic mass is 10.0. The van der Waals surface area contributed by atoms with Gasteiger partial charge in [-0.2, -0.15) is 0 Å². The molecule has 0 unspecified atom stereocenters. The Morgan fingerprint density at radius 2 is 1.83 bits per heavy atom. The number of rotatable bonds is 6. The first-order valence-corrected chi connectivity index (χ1v) is 7.93. The molecular formula is C19H20N2O3. The molecule has 5 nitrogen and oxygen atoms in total. The van der Waals surface area contributed by atoms with Gasteiger partial charge in [-0.3, -0.25) is 9.59 Å². The molecule has 0 spiro atoms. The quantitative estimate of drug-likeness (QED) is 0.828. The van der Waals surface area contributed by atoms with Gasteiger partial charge in [0.15, 0.2) is 0 Å². The number of hydrogen-bond donors (Lipinski definition) is 1. The minimum Gasteiger partial charge on any atom is -0.383 e. The molecule has 2 aromatic carbocycles. The summed E-state index contributed by atoms with van der Waals surface area (Å²) in [5.74, 6) is -0.289. The van der Waals surface area contributed by atoms with Gasteiger partial charge in [0, 0.05) is 25.8 Å². The van der Waals surface area contributed by atoms with Crippen molar-refractivity contribution in [2.24, 2.45) is 0 Å². The average molecular weight is 324 g/mol. The zero-order valence-corrected chi connectivity index (χ0v) is 13.6. The zero-order valence-electron chi connectivity index (χ0n) is 13.6. The summed E-state index contributed by atoms with van der Waals surface area (Å²) in [4.78, 5) is 27.1. The Kier molecular flexibility index (Phi) is 4.91. The maximum atomic E-state index is 12.8. The molecule has 5 heteroatoms. The third-order valence-electron chi connectivity index (χ3n) is 4.11. The van der Waals surface area contributed by atoms with Gasteiger partial charge in [0.25, 0.3) is 5.91 Å². The molecule has 1 aliphatic heterocycles. The van der Waals surface area contributed by atoms with E-state index in [1.54, 1.807) is 18.1 Å². The van der Waals surface area contributed by atoms with Crippen LogP contribution in [0.2, 0.25) is 0 Å². The van der Waals surface area contributed by atoms with Crippen LogP contribution >= 0.6 is 0 Å². The van der Waals surface area contributed by atoms with Crippen LogP contribution in [0.25, 0.3) is 0 Å². The number of nitrogens with one attached hydrogen (secondary N) is 1. The molecule has 1 heterocycles. The van der Waals surface area contributed by atoms with Crippen LogP contribution < -0.4 is 5.32 Å². The molecule has 0 aliphatic carbocycles. The van der Waals surface area contributed by atoms with Gasteiger partial charge in [0.05, 0.1) is 6.61 Å². The van der Waals surface area contributed by atoms with Crippen LogP contribution in [-0.2, 0) is 16.1 Å². The zero-order chi connectivity index (χ0) is 16.9. The van der Waals surface area contributed by atoms with Crippen LogP contribution in [0.15, 0.2) is 54.6 Å². The largest absolute Gasteiger partial charge is 0.383 e. The molecule has 0 saturated heterocycles. The van der Waals surface area contributed by atoms with E-state index in [1.165, 1.54) is 0 Å². The van der Waals surface area contributed by atoms with Crippen molar-refractivity contribution >= 4 is 11.8 Å². The molecule has 124 valence electrons. The Hall–Kier alpha value is -2.66. The molecule has 0 radical (unpaired) electrons. The Morgan fingerprint density at radius 1 is 1.12 bits per heavy atom. The van der Waals surface area contributed by atoms with Crippen LogP contribution in [0.4, 0.5) is 0 Å². The van der Waals surface area contributed by atoms with E-state index >= 15 is 0 Å². The van der Waals surface area contributed by atoms with Crippen molar-refractivity contribution in [1.82, 2.24) is 10.2 Å². The van der Waals surface area contributed by atoms with Crippen molar-refractivity contribution in [2.75, 3.05) is 20.3 Å². The van der Waals surface area contributed by atoms with Crippen molar-refractivity contribution in [3.05, 3.63) is 71.3 Å². The number of benzene rings is 2. The highest BCUT2D eigenvalue weighted by molar-refractivity contribution is 6.04. The summed E-state index contributed by atoms with van der Waals surface area (Å²) in [5, 5.41) is 2.84. The summed E-state index contributed by atoms with van der Waals surface area (Å²) < 4.78 is 4.97. The summed E-state index contributed by atoms with van der Waals surface area (Å²) in [6, 6.07) is 16.4. The van der Waals surface area contributed by atoms with E-state index in [2.05, 4.69) is 5.32 Å². The Morgan fingerprint density at radius 3 is 2.58 bits per heavy atom. The number of nitrogens with zero attached hydrogens (tertiary/aromatic N) is 1. The summed E-state index contributed by atoms with van der Waals surface area (Å²) >= 11 is 0. The van der Waals surface area contributed by atoms with Gasteiger partial charge < -0.3 is 15.0 Å². The SMILES string of the molecule is COCCNC(=O)[C@@H]1c2ccccc2C(=O)N1Cc1ccccc1. The lowest BCUT2D eigenvalue weighted by Crippen LogP contribution is -2.39. The summed E-state index contributed by atoms with van der Waals surface area (Å²) in [6.07, 6.45) is 0. The summed E-state index contributed by atoms with van der Waals surface area (Å²) in [5.41, 5.74) is 2.35. The smallest absolute Gasteiger partial charge is 0.255 e. The predicted molar refractivity (Wildman–Crippen MR) is 90.4 cm³/mol. The molecule has 1 N–H and O–H groups in total. The molecule has 2 amide bonds. The second kappa shape index (κ2) is 7.27. The number of amides is 2. The van der Waals surface area contributed by atoms with Gasteiger partial charge in [-0.05, 0) is 17.2 Å². The number of fused-ring (bicyclic) bond motifs is 1. The molecule has 3 rings (SSSR count). The Balaban J connectivity index is 1.88. The van der Waals surface area contributed by atoms with E-state index in [0.717, 1.165) is 11.1 Å². The maximum Gasteiger partial charge on any atom is 0.255 e. The topological polar surface area (TPSA) is 58.6 Å². The number of ether oxygens (including phenoxy) is 1. The number of hydrogen-bond acceptors (Lipinski definition) is 3. The van der Waals surface area contributed by atoms with Crippen molar-refractivity contribution in [1.29, 1.82) is 0 Å². The summed E-state index contributed by atoms with van der Waals surface area (Å²) in [7, 11) is 1.59. The van der Waals surface area contributed by atoms with Crippen molar-refractivity contribution in [3.8, 4) is 0 Å². The fourth-order valence-corrected chi connectivity index (χ4v) is 2.97. The molecule has 0 fully saturated rings. The van der Waals surface area contributed by atoms with E-state index in [-0.39, 0.29) is 11.8 Å². The number of carbonyl (C=O) groups is 2. The van der Waals surface area contributed by atoms with Crippen LogP contribution in [0.1, 0.15) is 27.5 Å². The summed E-state index contributed by atoms with van der Waals surface area (Å²) in [6.45, 7) is 1.25. The fraction of sp³-hybridized carbons (Fsp3) is 0.263. The van der Waals surface area contributed by atoms with Gasteiger partial charge in [-0.25, -0.2) is 0 Å². The van der Waals surface area contributed by atoms with Crippen LogP contribution in [0, 0.1) is 0 Å². The first-order valence-electron chi connectivity index (χ1n) is 7.93. The lowest BCUT2D eigenvalue weighted by Gasteiger charge is -2.24. The van der Waals surface area contributed by atoms with E-state index in [9.17, 15) is 9.59 Å². The first kappa shape index (κ1) is 16.2. The van der Waals surface area contributed by atoms with Gasteiger partial charge >= 0.3 is 0 Å². The van der Waals surface area contributed by atoms with Crippen LogP contribution in [0.3, 0.4) is 0 Å². The molecule has 0 aromatic heterocycles. The fourth-order valence-electron chi connectivity index (χ4n) is 2.97. The number of methoxy groups -OCH3 is 1. The highest BCUT2D eigenvalue weighted by atomic mass is 16.5. The molecule has 0 saturated carbocycles.